The number of anilines is 2. The zero-order valence-corrected chi connectivity index (χ0v) is 21.0. The van der Waals surface area contributed by atoms with E-state index < -0.39 is 29.6 Å². The van der Waals surface area contributed by atoms with Crippen LogP contribution in [0.1, 0.15) is 31.4 Å². The largest absolute Gasteiger partial charge is 0.491 e. The van der Waals surface area contributed by atoms with Gasteiger partial charge < -0.3 is 35.6 Å². The number of nitriles is 1. The average molecular weight is 519 g/mol. The predicted molar refractivity (Wildman–Crippen MR) is 136 cm³/mol. The van der Waals surface area contributed by atoms with Crippen LogP contribution in [0.3, 0.4) is 0 Å². The molecule has 11 heteroatoms. The van der Waals surface area contributed by atoms with Crippen LogP contribution in [0.4, 0.5) is 11.4 Å². The van der Waals surface area contributed by atoms with E-state index in [0.29, 0.717) is 34.7 Å². The maximum Gasteiger partial charge on any atom is 0.259 e. The van der Waals surface area contributed by atoms with Crippen molar-refractivity contribution in [1.82, 2.24) is 0 Å². The molecule has 0 bridgehead atoms. The Morgan fingerprint density at radius 1 is 1.36 bits per heavy atom. The second-order valence-electron chi connectivity index (χ2n) is 8.78. The molecule has 3 rings (SSSR count). The molecule has 0 aliphatic carbocycles. The summed E-state index contributed by atoms with van der Waals surface area (Å²) in [5, 5.41) is 32.2. The van der Waals surface area contributed by atoms with Gasteiger partial charge in [-0.25, -0.2) is 0 Å². The third-order valence-corrected chi connectivity index (χ3v) is 5.52. The highest BCUT2D eigenvalue weighted by atomic mass is 35.5. The predicted octanol–water partition coefficient (Wildman–Crippen LogP) is 1.71. The molecule has 1 saturated heterocycles. The number of benzene rings is 2. The van der Waals surface area contributed by atoms with Crippen molar-refractivity contribution in [3.05, 3.63) is 53.6 Å². The fourth-order valence-corrected chi connectivity index (χ4v) is 3.59. The van der Waals surface area contributed by atoms with Crippen molar-refractivity contribution >= 4 is 35.6 Å². The summed E-state index contributed by atoms with van der Waals surface area (Å²) in [6, 6.07) is 13.5. The Morgan fingerprint density at radius 2 is 2.08 bits per heavy atom. The van der Waals surface area contributed by atoms with E-state index in [1.54, 1.807) is 44.2 Å². The molecule has 2 amide bonds. The molecular weight excluding hydrogens is 488 g/mol. The zero-order chi connectivity index (χ0) is 25.6. The summed E-state index contributed by atoms with van der Waals surface area (Å²) in [6.45, 7) is 4.02. The average Bonchev–Trinajstić information content (AvgIpc) is 2.83. The molecule has 10 nitrogen and oxygen atoms in total. The number of hydrogen-bond donors (Lipinski definition) is 4. The first-order valence-corrected chi connectivity index (χ1v) is 11.2. The lowest BCUT2D eigenvalue weighted by atomic mass is 10.1. The summed E-state index contributed by atoms with van der Waals surface area (Å²) < 4.78 is 11.3. The fourth-order valence-electron chi connectivity index (χ4n) is 3.59. The van der Waals surface area contributed by atoms with E-state index in [9.17, 15) is 19.8 Å². The van der Waals surface area contributed by atoms with Crippen LogP contribution in [-0.2, 0) is 20.9 Å². The van der Waals surface area contributed by atoms with E-state index in [0.717, 1.165) is 0 Å². The Labute approximate surface area is 216 Å². The molecule has 0 spiro atoms. The Morgan fingerprint density at radius 3 is 2.75 bits per heavy atom. The van der Waals surface area contributed by atoms with Crippen molar-refractivity contribution in [2.24, 2.45) is 5.73 Å². The first-order valence-electron chi connectivity index (χ1n) is 11.2. The molecule has 1 fully saturated rings. The zero-order valence-electron chi connectivity index (χ0n) is 20.1. The molecule has 1 aliphatic rings. The molecule has 5 N–H and O–H groups in total. The summed E-state index contributed by atoms with van der Waals surface area (Å²) in [6.07, 6.45) is -2.80. The Kier molecular flexibility index (Phi) is 10.2. The number of hydrogen-bond acceptors (Lipinski definition) is 8. The van der Waals surface area contributed by atoms with Crippen LogP contribution in [0.2, 0.25) is 0 Å². The lowest BCUT2D eigenvalue weighted by Crippen LogP contribution is -2.55. The molecule has 36 heavy (non-hydrogen) atoms. The highest BCUT2D eigenvalue weighted by Gasteiger charge is 2.40. The molecule has 0 radical (unpaired) electrons. The number of nitrogens with one attached hydrogen (secondary N) is 1. The topological polar surface area (TPSA) is 158 Å². The van der Waals surface area contributed by atoms with Gasteiger partial charge in [0.05, 0.1) is 36.1 Å². The lowest BCUT2D eigenvalue weighted by molar-refractivity contribution is -0.150. The minimum absolute atomic E-state index is 0. The number of amides is 2. The Bertz CT molecular complexity index is 1110. The van der Waals surface area contributed by atoms with Gasteiger partial charge in [-0.15, -0.1) is 12.4 Å². The fraction of sp³-hybridized carbons (Fsp3) is 0.400. The van der Waals surface area contributed by atoms with Crippen molar-refractivity contribution in [3.8, 4) is 11.8 Å². The number of morpholine rings is 1. The van der Waals surface area contributed by atoms with Gasteiger partial charge >= 0.3 is 0 Å². The van der Waals surface area contributed by atoms with Gasteiger partial charge in [-0.2, -0.15) is 5.26 Å². The highest BCUT2D eigenvalue weighted by Crippen LogP contribution is 2.31. The van der Waals surface area contributed by atoms with Gasteiger partial charge in [0.1, 0.15) is 5.75 Å². The van der Waals surface area contributed by atoms with Crippen LogP contribution in [0.25, 0.3) is 0 Å². The maximum absolute atomic E-state index is 13.2. The van der Waals surface area contributed by atoms with Crippen molar-refractivity contribution < 1.29 is 29.3 Å². The molecule has 1 heterocycles. The van der Waals surface area contributed by atoms with E-state index in [4.69, 9.17) is 20.5 Å². The second-order valence-corrected chi connectivity index (χ2v) is 8.78. The standard InChI is InChI=1S/C25H30N4O6.ClH/c1-25(2,33)9-11-34-20-6-4-3-5-19(20)29-10-12-35-22(24(29)32)21(30)23(31)28-18-8-7-16(14-26)17(13-18)15-27;/h3-8,13,21-22,30,33H,9-12,15,27H2,1-2H3,(H,28,31);1H/t21-,22-;/m1./s1. The first-order chi connectivity index (χ1) is 16.6. The number of rotatable bonds is 9. The van der Waals surface area contributed by atoms with Gasteiger partial charge in [-0.05, 0) is 49.7 Å². The van der Waals surface area contributed by atoms with E-state index in [1.165, 1.54) is 17.0 Å². The Balaban J connectivity index is 0.00000456. The Hall–Kier alpha value is -3.20. The highest BCUT2D eigenvalue weighted by molar-refractivity contribution is 6.04. The van der Waals surface area contributed by atoms with Crippen molar-refractivity contribution in [3.63, 3.8) is 0 Å². The normalized spacial score (nSPS) is 16.5. The third kappa shape index (κ3) is 7.16. The number of nitrogens with zero attached hydrogens (tertiary/aromatic N) is 2. The van der Waals surface area contributed by atoms with Crippen LogP contribution in [0.15, 0.2) is 42.5 Å². The van der Waals surface area contributed by atoms with Gasteiger partial charge in [0.2, 0.25) is 0 Å². The van der Waals surface area contributed by atoms with Crippen LogP contribution < -0.4 is 20.7 Å². The van der Waals surface area contributed by atoms with E-state index in [-0.39, 0.29) is 38.7 Å². The molecule has 194 valence electrons. The molecule has 2 aromatic rings. The maximum atomic E-state index is 13.2. The van der Waals surface area contributed by atoms with Gasteiger partial charge in [0.15, 0.2) is 12.2 Å². The van der Waals surface area contributed by atoms with Gasteiger partial charge in [-0.1, -0.05) is 12.1 Å². The number of halogens is 1. The number of carbonyl (C=O) groups excluding carboxylic acids is 2. The molecule has 2 aromatic carbocycles. The third-order valence-electron chi connectivity index (χ3n) is 5.52. The van der Waals surface area contributed by atoms with Gasteiger partial charge in [0, 0.05) is 25.2 Å². The molecule has 1 aliphatic heterocycles. The van der Waals surface area contributed by atoms with Crippen molar-refractivity contribution in [2.45, 2.75) is 44.6 Å². The van der Waals surface area contributed by atoms with E-state index in [2.05, 4.69) is 5.32 Å². The quantitative estimate of drug-likeness (QED) is 0.390. The second kappa shape index (κ2) is 12.7. The smallest absolute Gasteiger partial charge is 0.259 e. The monoisotopic (exact) mass is 518 g/mol. The minimum Gasteiger partial charge on any atom is -0.491 e. The van der Waals surface area contributed by atoms with Crippen LogP contribution in [0.5, 0.6) is 5.75 Å². The summed E-state index contributed by atoms with van der Waals surface area (Å²) in [5.74, 6) is -0.968. The summed E-state index contributed by atoms with van der Waals surface area (Å²) in [5.41, 5.74) is 6.49. The summed E-state index contributed by atoms with van der Waals surface area (Å²) >= 11 is 0. The van der Waals surface area contributed by atoms with Crippen LogP contribution in [-0.4, -0.2) is 59.6 Å². The summed E-state index contributed by atoms with van der Waals surface area (Å²) in [4.78, 5) is 27.3. The number of aliphatic hydroxyl groups excluding tert-OH is 1. The van der Waals surface area contributed by atoms with E-state index in [1.807, 2.05) is 6.07 Å². The van der Waals surface area contributed by atoms with E-state index >= 15 is 0 Å². The van der Waals surface area contributed by atoms with Crippen molar-refractivity contribution in [1.29, 1.82) is 5.26 Å². The number of nitrogens with two attached hydrogens (primary N) is 1. The summed E-state index contributed by atoms with van der Waals surface area (Å²) in [7, 11) is 0. The molecular formula is C25H31ClN4O6. The first kappa shape index (κ1) is 29.0. The van der Waals surface area contributed by atoms with Crippen molar-refractivity contribution in [2.75, 3.05) is 30.0 Å². The van der Waals surface area contributed by atoms with Gasteiger partial charge in [0.25, 0.3) is 11.8 Å². The molecule has 2 atom stereocenters. The molecule has 0 aromatic heterocycles. The number of para-hydroxylation sites is 2. The SMILES string of the molecule is CC(C)(O)CCOc1ccccc1N1CCO[C@H]([C@@H](O)C(=O)Nc2ccc(C#N)c(CN)c2)C1=O.Cl. The lowest BCUT2D eigenvalue weighted by Gasteiger charge is -2.34. The van der Waals surface area contributed by atoms with Gasteiger partial charge in [-0.3, -0.25) is 9.59 Å². The molecule has 0 unspecified atom stereocenters. The van der Waals surface area contributed by atoms with Crippen LogP contribution >= 0.6 is 12.4 Å². The van der Waals surface area contributed by atoms with Crippen LogP contribution in [0, 0.1) is 11.3 Å². The molecule has 0 saturated carbocycles. The number of ether oxygens (including phenoxy) is 2. The minimum atomic E-state index is -1.77. The number of aliphatic hydroxyl groups is 2. The number of carbonyl (C=O) groups is 2.